The molecular formula is C46H25F3N2O3. The summed E-state index contributed by atoms with van der Waals surface area (Å²) in [5.74, 6) is 2.18. The Labute approximate surface area is 305 Å². The maximum Gasteiger partial charge on any atom is 0.416 e. The number of oxazole rings is 2. The standard InChI is InChI=1S/C46H25F3N2O3/c47-46(48,49)30-18-20-42-38(25-30)51-44(54-42)29-22-27(21-28(23-29)43-50-37-13-5-8-16-41(37)53-43)26-17-19-32-31-9-1-2-10-33(31)45(36(32)24-26)34-11-3-6-14-39(34)52-40-15-7-4-12-35(40)45/h1-25H. The summed E-state index contributed by atoms with van der Waals surface area (Å²) >= 11 is 0. The number of fused-ring (bicyclic) bond motifs is 11. The van der Waals surface area contributed by atoms with E-state index in [1.165, 1.54) is 11.6 Å². The summed E-state index contributed by atoms with van der Waals surface area (Å²) in [5.41, 5.74) is 9.88. The number of rotatable bonds is 3. The van der Waals surface area contributed by atoms with Crippen molar-refractivity contribution in [2.75, 3.05) is 0 Å². The number of alkyl halides is 3. The number of para-hydroxylation sites is 4. The molecule has 0 radical (unpaired) electrons. The van der Waals surface area contributed by atoms with E-state index in [-0.39, 0.29) is 17.0 Å². The number of ether oxygens (including phenoxy) is 1. The molecule has 1 aliphatic heterocycles. The van der Waals surface area contributed by atoms with E-state index in [1.54, 1.807) is 0 Å². The van der Waals surface area contributed by atoms with Crippen LogP contribution in [0.1, 0.15) is 27.8 Å². The van der Waals surface area contributed by atoms with Gasteiger partial charge in [0.1, 0.15) is 22.5 Å². The number of aromatic nitrogens is 2. The second kappa shape index (κ2) is 11.0. The molecule has 0 bridgehead atoms. The highest BCUT2D eigenvalue weighted by Gasteiger charge is 2.51. The van der Waals surface area contributed by atoms with Gasteiger partial charge in [-0.05, 0) is 100 Å². The highest BCUT2D eigenvalue weighted by atomic mass is 19.4. The summed E-state index contributed by atoms with van der Waals surface area (Å²) in [7, 11) is 0. The van der Waals surface area contributed by atoms with E-state index in [0.29, 0.717) is 28.1 Å². The maximum atomic E-state index is 13.6. The predicted molar refractivity (Wildman–Crippen MR) is 200 cm³/mol. The lowest BCUT2D eigenvalue weighted by Gasteiger charge is -2.39. The third-order valence-corrected chi connectivity index (χ3v) is 10.6. The zero-order chi connectivity index (χ0) is 36.2. The van der Waals surface area contributed by atoms with Crippen molar-refractivity contribution in [2.24, 2.45) is 0 Å². The van der Waals surface area contributed by atoms with Gasteiger partial charge in [-0.25, -0.2) is 9.97 Å². The first kappa shape index (κ1) is 30.7. The molecule has 0 saturated carbocycles. The van der Waals surface area contributed by atoms with Gasteiger partial charge in [-0.15, -0.1) is 0 Å². The molecule has 258 valence electrons. The molecule has 0 N–H and O–H groups in total. The van der Waals surface area contributed by atoms with Gasteiger partial charge in [0, 0.05) is 22.3 Å². The van der Waals surface area contributed by atoms with Crippen molar-refractivity contribution in [3.8, 4) is 56.7 Å². The lowest BCUT2D eigenvalue weighted by molar-refractivity contribution is -0.137. The monoisotopic (exact) mass is 710 g/mol. The van der Waals surface area contributed by atoms with Crippen LogP contribution in [0.3, 0.4) is 0 Å². The van der Waals surface area contributed by atoms with E-state index in [4.69, 9.17) is 18.6 Å². The second-order valence-electron chi connectivity index (χ2n) is 13.6. The van der Waals surface area contributed by atoms with Crippen LogP contribution in [0.25, 0.3) is 67.4 Å². The first-order chi connectivity index (χ1) is 26.3. The van der Waals surface area contributed by atoms with Crippen LogP contribution >= 0.6 is 0 Å². The molecule has 7 aromatic carbocycles. The number of nitrogens with zero attached hydrogens (tertiary/aromatic N) is 2. The van der Waals surface area contributed by atoms with E-state index < -0.39 is 17.2 Å². The van der Waals surface area contributed by atoms with Gasteiger partial charge in [0.25, 0.3) is 0 Å². The molecule has 0 atom stereocenters. The minimum absolute atomic E-state index is 0.114. The average molecular weight is 711 g/mol. The number of hydrogen-bond acceptors (Lipinski definition) is 5. The molecular weight excluding hydrogens is 686 g/mol. The third-order valence-electron chi connectivity index (χ3n) is 10.6. The van der Waals surface area contributed by atoms with E-state index in [1.807, 2.05) is 66.7 Å². The lowest BCUT2D eigenvalue weighted by Crippen LogP contribution is -2.32. The zero-order valence-corrected chi connectivity index (χ0v) is 28.2. The van der Waals surface area contributed by atoms with Gasteiger partial charge in [-0.3, -0.25) is 0 Å². The van der Waals surface area contributed by atoms with Crippen LogP contribution in [0, 0.1) is 0 Å². The molecule has 0 saturated heterocycles. The largest absolute Gasteiger partial charge is 0.457 e. The Hall–Kier alpha value is -6.93. The molecule has 1 spiro atoms. The topological polar surface area (TPSA) is 61.3 Å². The maximum absolute atomic E-state index is 13.6. The van der Waals surface area contributed by atoms with Gasteiger partial charge < -0.3 is 13.6 Å². The van der Waals surface area contributed by atoms with Gasteiger partial charge in [-0.2, -0.15) is 13.2 Å². The Morgan fingerprint density at radius 1 is 0.444 bits per heavy atom. The van der Waals surface area contributed by atoms with Crippen molar-refractivity contribution in [2.45, 2.75) is 11.6 Å². The van der Waals surface area contributed by atoms with Crippen LogP contribution in [0.2, 0.25) is 0 Å². The molecule has 0 unspecified atom stereocenters. The Balaban J connectivity index is 1.15. The van der Waals surface area contributed by atoms with Crippen molar-refractivity contribution in [3.05, 3.63) is 179 Å². The molecule has 3 heterocycles. The number of hydrogen-bond donors (Lipinski definition) is 0. The molecule has 0 amide bonds. The van der Waals surface area contributed by atoms with Gasteiger partial charge in [-0.1, -0.05) is 84.9 Å². The highest BCUT2D eigenvalue weighted by Crippen LogP contribution is 2.62. The molecule has 0 fully saturated rings. The zero-order valence-electron chi connectivity index (χ0n) is 28.2. The van der Waals surface area contributed by atoms with E-state index in [2.05, 4.69) is 71.7 Å². The predicted octanol–water partition coefficient (Wildman–Crippen LogP) is 12.5. The fourth-order valence-electron chi connectivity index (χ4n) is 8.30. The molecule has 54 heavy (non-hydrogen) atoms. The van der Waals surface area contributed by atoms with Crippen LogP contribution in [-0.2, 0) is 11.6 Å². The fourth-order valence-corrected chi connectivity index (χ4v) is 8.30. The first-order valence-electron chi connectivity index (χ1n) is 17.5. The minimum Gasteiger partial charge on any atom is -0.457 e. The van der Waals surface area contributed by atoms with Crippen molar-refractivity contribution < 1.29 is 26.7 Å². The van der Waals surface area contributed by atoms with Crippen molar-refractivity contribution in [1.29, 1.82) is 0 Å². The Morgan fingerprint density at radius 3 is 1.72 bits per heavy atom. The molecule has 2 aliphatic rings. The lowest BCUT2D eigenvalue weighted by atomic mass is 9.66. The normalized spacial score (nSPS) is 13.8. The summed E-state index contributed by atoms with van der Waals surface area (Å²) < 4.78 is 59.7. The van der Waals surface area contributed by atoms with Crippen LogP contribution in [0.15, 0.2) is 160 Å². The summed E-state index contributed by atoms with van der Waals surface area (Å²) in [6.07, 6.45) is -4.51. The summed E-state index contributed by atoms with van der Waals surface area (Å²) in [6, 6.07) is 48.1. The molecule has 5 nitrogen and oxygen atoms in total. The highest BCUT2D eigenvalue weighted by molar-refractivity contribution is 5.91. The smallest absolute Gasteiger partial charge is 0.416 e. The Morgan fingerprint density at radius 2 is 1.02 bits per heavy atom. The summed E-state index contributed by atoms with van der Waals surface area (Å²) in [6.45, 7) is 0. The Kier molecular flexibility index (Phi) is 6.27. The minimum atomic E-state index is -4.51. The molecule has 1 aliphatic carbocycles. The third kappa shape index (κ3) is 4.40. The van der Waals surface area contributed by atoms with Crippen molar-refractivity contribution in [1.82, 2.24) is 9.97 Å². The molecule has 8 heteroatoms. The van der Waals surface area contributed by atoms with Crippen LogP contribution < -0.4 is 4.74 Å². The SMILES string of the molecule is FC(F)(F)c1ccc2oc(-c3cc(-c4ccc5c(c4)C4(c6ccccc6Oc6ccccc64)c4ccccc4-5)cc(-c4nc5ccccc5o4)c3)nc2c1. The molecule has 2 aromatic heterocycles. The number of benzene rings is 7. The molecule has 11 rings (SSSR count). The Bertz CT molecular complexity index is 2920. The molecule has 9 aromatic rings. The second-order valence-corrected chi connectivity index (χ2v) is 13.6. The van der Waals surface area contributed by atoms with Crippen LogP contribution in [-0.4, -0.2) is 9.97 Å². The number of halogens is 3. The van der Waals surface area contributed by atoms with Crippen LogP contribution in [0.5, 0.6) is 11.5 Å². The van der Waals surface area contributed by atoms with Crippen molar-refractivity contribution >= 4 is 22.2 Å². The van der Waals surface area contributed by atoms with E-state index >= 15 is 0 Å². The fraction of sp³-hybridized carbons (Fsp3) is 0.0435. The van der Waals surface area contributed by atoms with Gasteiger partial charge in [0.05, 0.1) is 11.0 Å². The van der Waals surface area contributed by atoms with E-state index in [0.717, 1.165) is 62.6 Å². The van der Waals surface area contributed by atoms with Gasteiger partial charge in [0.15, 0.2) is 11.2 Å². The summed E-state index contributed by atoms with van der Waals surface area (Å²) in [4.78, 5) is 9.32. The van der Waals surface area contributed by atoms with Crippen molar-refractivity contribution in [3.63, 3.8) is 0 Å². The average Bonchev–Trinajstić information content (AvgIpc) is 3.91. The first-order valence-corrected chi connectivity index (χ1v) is 17.5. The van der Waals surface area contributed by atoms with Crippen LogP contribution in [0.4, 0.5) is 13.2 Å². The quantitative estimate of drug-likeness (QED) is 0.183. The van der Waals surface area contributed by atoms with Gasteiger partial charge >= 0.3 is 6.18 Å². The summed E-state index contributed by atoms with van der Waals surface area (Å²) in [5, 5.41) is 0. The van der Waals surface area contributed by atoms with E-state index in [9.17, 15) is 13.2 Å². The van der Waals surface area contributed by atoms with Gasteiger partial charge in [0.2, 0.25) is 11.8 Å².